The third-order valence-corrected chi connectivity index (χ3v) is 13.7. The maximum absolute atomic E-state index is 5.47. The fraction of sp³-hybridized carbons (Fsp3) is 0. The summed E-state index contributed by atoms with van der Waals surface area (Å²) in [5.74, 6) is 1.74. The summed E-state index contributed by atoms with van der Waals surface area (Å²) in [5.41, 5.74) is 15.1. The van der Waals surface area contributed by atoms with Gasteiger partial charge in [0, 0.05) is 54.8 Å². The largest absolute Gasteiger partial charge is 0.309 e. The van der Waals surface area contributed by atoms with Crippen molar-refractivity contribution in [1.82, 2.24) is 28.7 Å². The van der Waals surface area contributed by atoms with Gasteiger partial charge in [0.1, 0.15) is 0 Å². The first kappa shape index (κ1) is 38.8. The second-order valence-corrected chi connectivity index (χ2v) is 17.6. The van der Waals surface area contributed by atoms with Crippen LogP contribution in [0, 0.1) is 0 Å². The Kier molecular flexibility index (Phi) is 8.79. The molecule has 69 heavy (non-hydrogen) atoms. The normalized spacial score (nSPS) is 11.8. The van der Waals surface area contributed by atoms with Crippen LogP contribution in [0.3, 0.4) is 0 Å². The molecule has 0 aliphatic rings. The second kappa shape index (κ2) is 15.6. The van der Waals surface area contributed by atoms with E-state index in [-0.39, 0.29) is 0 Å². The fourth-order valence-corrected chi connectivity index (χ4v) is 10.6. The molecular weight excluding hydrogens is 841 g/mol. The molecule has 0 fully saturated rings. The van der Waals surface area contributed by atoms with E-state index in [2.05, 4.69) is 238 Å². The number of benzene rings is 10. The molecule has 0 radical (unpaired) electrons. The van der Waals surface area contributed by atoms with E-state index in [4.69, 9.17) is 15.0 Å². The van der Waals surface area contributed by atoms with Crippen molar-refractivity contribution in [3.05, 3.63) is 243 Å². The summed E-state index contributed by atoms with van der Waals surface area (Å²) in [6, 6.07) is 86.3. The molecule has 0 N–H and O–H groups in total. The van der Waals surface area contributed by atoms with Gasteiger partial charge in [0.2, 0.25) is 5.95 Å². The summed E-state index contributed by atoms with van der Waals surface area (Å²) in [4.78, 5) is 16.1. The van der Waals surface area contributed by atoms with Crippen LogP contribution in [0.5, 0.6) is 0 Å². The average molecular weight is 881 g/mol. The minimum Gasteiger partial charge on any atom is -0.309 e. The second-order valence-electron chi connectivity index (χ2n) is 17.6. The highest BCUT2D eigenvalue weighted by Crippen LogP contribution is 2.43. The van der Waals surface area contributed by atoms with Gasteiger partial charge in [-0.25, -0.2) is 4.98 Å². The fourth-order valence-electron chi connectivity index (χ4n) is 10.6. The first-order chi connectivity index (χ1) is 34.2. The van der Waals surface area contributed by atoms with Crippen molar-refractivity contribution in [2.24, 2.45) is 0 Å². The first-order valence-electron chi connectivity index (χ1n) is 23.4. The van der Waals surface area contributed by atoms with Gasteiger partial charge in [-0.05, 0) is 82.9 Å². The molecule has 0 aliphatic carbocycles. The molecule has 14 rings (SSSR count). The van der Waals surface area contributed by atoms with Crippen molar-refractivity contribution in [3.8, 4) is 62.4 Å². The number of nitrogens with zero attached hydrogens (tertiary/aromatic N) is 6. The molecule has 0 aliphatic heterocycles. The number of fused-ring (bicyclic) bond motifs is 10. The molecule has 4 aromatic heterocycles. The lowest BCUT2D eigenvalue weighted by molar-refractivity contribution is 0.953. The van der Waals surface area contributed by atoms with E-state index in [1.54, 1.807) is 0 Å². The molecule has 0 saturated heterocycles. The predicted molar refractivity (Wildman–Crippen MR) is 285 cm³/mol. The Bertz CT molecular complexity index is 4240. The number of aromatic nitrogens is 6. The Hall–Kier alpha value is -9.39. The Morgan fingerprint density at radius 3 is 1.30 bits per heavy atom. The van der Waals surface area contributed by atoms with Crippen LogP contribution < -0.4 is 0 Å². The van der Waals surface area contributed by atoms with E-state index < -0.39 is 0 Å². The van der Waals surface area contributed by atoms with E-state index in [1.165, 1.54) is 32.9 Å². The average Bonchev–Trinajstić information content (AvgIpc) is 4.07. The van der Waals surface area contributed by atoms with E-state index in [1.807, 2.05) is 18.2 Å². The van der Waals surface area contributed by atoms with E-state index in [0.29, 0.717) is 17.6 Å². The zero-order valence-electron chi connectivity index (χ0n) is 37.3. The molecule has 0 atom stereocenters. The van der Waals surface area contributed by atoms with Crippen LogP contribution in [-0.4, -0.2) is 28.7 Å². The van der Waals surface area contributed by atoms with Crippen molar-refractivity contribution < 1.29 is 0 Å². The summed E-state index contributed by atoms with van der Waals surface area (Å²) in [7, 11) is 0. The third kappa shape index (κ3) is 6.23. The van der Waals surface area contributed by atoms with Gasteiger partial charge >= 0.3 is 0 Å². The van der Waals surface area contributed by atoms with Crippen molar-refractivity contribution >= 4 is 65.4 Å². The lowest BCUT2D eigenvalue weighted by Gasteiger charge is -2.14. The number of rotatable bonds is 7. The van der Waals surface area contributed by atoms with Crippen LogP contribution >= 0.6 is 0 Å². The minimum absolute atomic E-state index is 0.546. The van der Waals surface area contributed by atoms with Crippen LogP contribution in [-0.2, 0) is 0 Å². The summed E-state index contributed by atoms with van der Waals surface area (Å²) in [6.07, 6.45) is 0. The lowest BCUT2D eigenvalue weighted by atomic mass is 9.98. The van der Waals surface area contributed by atoms with Gasteiger partial charge in [-0.1, -0.05) is 182 Å². The van der Waals surface area contributed by atoms with Crippen molar-refractivity contribution in [2.75, 3.05) is 0 Å². The van der Waals surface area contributed by atoms with Crippen molar-refractivity contribution in [3.63, 3.8) is 0 Å². The van der Waals surface area contributed by atoms with Gasteiger partial charge in [0.25, 0.3) is 0 Å². The standard InChI is InChI=1S/C63H40N6/c1-4-18-41(19-5-1)43-22-16-23-44(38-43)45-24-17-25-46(39-45)62-64-61(42-20-6-2-7-21-42)65-63(66-62)69-57-33-15-12-30-51(57)52-35-36-53-54-40-48(67-55-31-13-10-28-49(55)50-29-11-14-32-56(50)67)34-37-58(54)68(59(53)60(52)69)47-26-8-3-9-27-47/h1-40H. The number of hydrogen-bond acceptors (Lipinski definition) is 3. The van der Waals surface area contributed by atoms with Gasteiger partial charge in [0.05, 0.1) is 33.1 Å². The topological polar surface area (TPSA) is 53.5 Å². The molecule has 322 valence electrons. The van der Waals surface area contributed by atoms with Gasteiger partial charge in [0.15, 0.2) is 11.6 Å². The van der Waals surface area contributed by atoms with Crippen LogP contribution in [0.25, 0.3) is 128 Å². The van der Waals surface area contributed by atoms with E-state index in [9.17, 15) is 0 Å². The molecule has 0 unspecified atom stereocenters. The Balaban J connectivity index is 1.04. The zero-order valence-corrected chi connectivity index (χ0v) is 37.3. The van der Waals surface area contributed by atoms with E-state index >= 15 is 0 Å². The van der Waals surface area contributed by atoms with Gasteiger partial charge in [-0.3, -0.25) is 4.57 Å². The predicted octanol–water partition coefficient (Wildman–Crippen LogP) is 15.8. The number of hydrogen-bond donors (Lipinski definition) is 0. The summed E-state index contributed by atoms with van der Waals surface area (Å²) >= 11 is 0. The molecule has 0 saturated carbocycles. The summed E-state index contributed by atoms with van der Waals surface area (Å²) < 4.78 is 7.09. The number of para-hydroxylation sites is 4. The van der Waals surface area contributed by atoms with Crippen LogP contribution in [0.15, 0.2) is 243 Å². The van der Waals surface area contributed by atoms with Gasteiger partial charge < -0.3 is 9.13 Å². The van der Waals surface area contributed by atoms with Crippen molar-refractivity contribution in [1.29, 1.82) is 0 Å². The maximum atomic E-state index is 5.47. The van der Waals surface area contributed by atoms with E-state index in [0.717, 1.165) is 77.2 Å². The smallest absolute Gasteiger partial charge is 0.238 e. The molecule has 14 aromatic rings. The monoisotopic (exact) mass is 880 g/mol. The molecule has 0 spiro atoms. The molecule has 10 aromatic carbocycles. The maximum Gasteiger partial charge on any atom is 0.238 e. The van der Waals surface area contributed by atoms with Crippen LogP contribution in [0.4, 0.5) is 0 Å². The van der Waals surface area contributed by atoms with Crippen LogP contribution in [0.2, 0.25) is 0 Å². The molecule has 4 heterocycles. The molecule has 6 heteroatoms. The van der Waals surface area contributed by atoms with Crippen LogP contribution in [0.1, 0.15) is 0 Å². The Labute approximate surface area is 397 Å². The zero-order chi connectivity index (χ0) is 45.4. The highest BCUT2D eigenvalue weighted by atomic mass is 15.2. The molecule has 0 amide bonds. The highest BCUT2D eigenvalue weighted by Gasteiger charge is 2.24. The highest BCUT2D eigenvalue weighted by molar-refractivity contribution is 6.24. The Morgan fingerprint density at radius 1 is 0.232 bits per heavy atom. The first-order valence-corrected chi connectivity index (χ1v) is 23.4. The van der Waals surface area contributed by atoms with Gasteiger partial charge in [-0.15, -0.1) is 0 Å². The SMILES string of the molecule is c1ccc(-c2cccc(-c3cccc(-c4nc(-c5ccccc5)nc(-n5c6ccccc6c6ccc7c8cc(-n9c%10ccccc%10c%10ccccc%109)ccc8n(-c8ccccc8)c7c65)n4)c3)c2)cc1. The summed E-state index contributed by atoms with van der Waals surface area (Å²) in [5, 5.41) is 7.00. The van der Waals surface area contributed by atoms with Gasteiger partial charge in [-0.2, -0.15) is 9.97 Å². The Morgan fingerprint density at radius 2 is 0.667 bits per heavy atom. The lowest BCUT2D eigenvalue weighted by Crippen LogP contribution is -2.07. The molecule has 6 nitrogen and oxygen atoms in total. The minimum atomic E-state index is 0.546. The quantitative estimate of drug-likeness (QED) is 0.160. The molecular formula is C63H40N6. The molecule has 0 bridgehead atoms. The van der Waals surface area contributed by atoms with Crippen molar-refractivity contribution in [2.45, 2.75) is 0 Å². The summed E-state index contributed by atoms with van der Waals surface area (Å²) in [6.45, 7) is 0. The third-order valence-electron chi connectivity index (χ3n) is 13.7.